The van der Waals surface area contributed by atoms with Gasteiger partial charge in [-0.3, -0.25) is 0 Å². The Morgan fingerprint density at radius 2 is 2.00 bits per heavy atom. The zero-order valence-electron chi connectivity index (χ0n) is 6.40. The molecule has 1 aliphatic rings. The molecule has 0 amide bonds. The Balaban J connectivity index is 2.44. The van der Waals surface area contributed by atoms with Gasteiger partial charge in [0.1, 0.15) is 16.2 Å². The molecule has 1 rings (SSSR count). The first-order valence-electron chi connectivity index (χ1n) is 3.59. The summed E-state index contributed by atoms with van der Waals surface area (Å²) < 4.78 is 5.35. The average Bonchev–Trinajstić information content (AvgIpc) is 2.09. The predicted octanol–water partition coefficient (Wildman–Crippen LogP) is 1.92. The molecular formula is C7H8N2OS2. The van der Waals surface area contributed by atoms with Crippen LogP contribution in [0, 0.1) is 21.3 Å². The fraction of sp³-hybridized carbons (Fsp3) is 0.714. The zero-order valence-corrected chi connectivity index (χ0v) is 8.03. The minimum absolute atomic E-state index is 0.117. The molecule has 0 spiro atoms. The Labute approximate surface area is 80.1 Å². The highest BCUT2D eigenvalue weighted by atomic mass is 32.2. The van der Waals surface area contributed by atoms with Crippen molar-refractivity contribution < 1.29 is 4.74 Å². The number of thioether (sulfide) groups is 2. The summed E-state index contributed by atoms with van der Waals surface area (Å²) >= 11 is 2.32. The van der Waals surface area contributed by atoms with Gasteiger partial charge in [-0.2, -0.15) is 10.5 Å². The van der Waals surface area contributed by atoms with Gasteiger partial charge in [-0.25, -0.2) is 0 Å². The summed E-state index contributed by atoms with van der Waals surface area (Å²) in [7, 11) is 0. The molecule has 0 saturated carbocycles. The first kappa shape index (κ1) is 9.73. The van der Waals surface area contributed by atoms with Crippen molar-refractivity contribution in [3.63, 3.8) is 0 Å². The highest BCUT2D eigenvalue weighted by molar-refractivity contribution is 8.07. The largest absolute Gasteiger partial charge is 0.365 e. The molecule has 2 unspecified atom stereocenters. The molecule has 0 aromatic rings. The van der Waals surface area contributed by atoms with E-state index in [0.717, 1.165) is 24.6 Å². The summed E-state index contributed by atoms with van der Waals surface area (Å²) in [6.07, 6.45) is 1.96. The van der Waals surface area contributed by atoms with Crippen LogP contribution < -0.4 is 0 Å². The zero-order chi connectivity index (χ0) is 8.81. The van der Waals surface area contributed by atoms with Crippen LogP contribution in [0.25, 0.3) is 0 Å². The van der Waals surface area contributed by atoms with Crippen LogP contribution in [0.15, 0.2) is 0 Å². The molecule has 5 heteroatoms. The Kier molecular flexibility index (Phi) is 4.31. The van der Waals surface area contributed by atoms with E-state index < -0.39 is 0 Å². The summed E-state index contributed by atoms with van der Waals surface area (Å²) in [5.74, 6) is 0. The van der Waals surface area contributed by atoms with Gasteiger partial charge in [0.15, 0.2) is 0 Å². The van der Waals surface area contributed by atoms with E-state index in [2.05, 4.69) is 0 Å². The van der Waals surface area contributed by atoms with E-state index in [4.69, 9.17) is 15.3 Å². The number of rotatable bonds is 2. The molecule has 1 aliphatic heterocycles. The first-order valence-corrected chi connectivity index (χ1v) is 5.35. The lowest BCUT2D eigenvalue weighted by Gasteiger charge is -2.26. The molecule has 2 atom stereocenters. The number of nitriles is 2. The van der Waals surface area contributed by atoms with Gasteiger partial charge in [-0.15, -0.1) is 0 Å². The Hall–Kier alpha value is -0.360. The van der Waals surface area contributed by atoms with Crippen molar-refractivity contribution in [1.82, 2.24) is 0 Å². The van der Waals surface area contributed by atoms with E-state index in [-0.39, 0.29) is 10.7 Å². The van der Waals surface area contributed by atoms with E-state index in [0.29, 0.717) is 6.61 Å². The Morgan fingerprint density at radius 1 is 1.25 bits per heavy atom. The lowest BCUT2D eigenvalue weighted by atomic mass is 10.2. The summed E-state index contributed by atoms with van der Waals surface area (Å²) in [6, 6.07) is 0. The Morgan fingerprint density at radius 3 is 2.67 bits per heavy atom. The van der Waals surface area contributed by atoms with Crippen LogP contribution in [-0.2, 0) is 4.74 Å². The van der Waals surface area contributed by atoms with Crippen molar-refractivity contribution in [3.8, 4) is 10.8 Å². The maximum Gasteiger partial charge on any atom is 0.136 e. The summed E-state index contributed by atoms with van der Waals surface area (Å²) in [4.78, 5) is 0. The molecule has 12 heavy (non-hydrogen) atoms. The van der Waals surface area contributed by atoms with E-state index in [9.17, 15) is 0 Å². The maximum atomic E-state index is 8.47. The molecule has 0 bridgehead atoms. The molecule has 0 aromatic carbocycles. The lowest BCUT2D eigenvalue weighted by molar-refractivity contribution is 0.0784. The molecule has 0 aliphatic carbocycles. The monoisotopic (exact) mass is 200 g/mol. The lowest BCUT2D eigenvalue weighted by Crippen LogP contribution is -2.28. The third-order valence-electron chi connectivity index (χ3n) is 1.59. The summed E-state index contributed by atoms with van der Waals surface area (Å²) in [5, 5.41) is 21.1. The molecule has 1 saturated heterocycles. The van der Waals surface area contributed by atoms with Crippen molar-refractivity contribution in [3.05, 3.63) is 0 Å². The summed E-state index contributed by atoms with van der Waals surface area (Å²) in [5.41, 5.74) is -0.117. The summed E-state index contributed by atoms with van der Waals surface area (Å²) in [6.45, 7) is 0.710. The predicted molar refractivity (Wildman–Crippen MR) is 49.2 cm³/mol. The van der Waals surface area contributed by atoms with Crippen LogP contribution in [0.4, 0.5) is 0 Å². The van der Waals surface area contributed by atoms with Gasteiger partial charge in [-0.1, -0.05) is 0 Å². The van der Waals surface area contributed by atoms with Crippen molar-refractivity contribution in [1.29, 1.82) is 10.5 Å². The van der Waals surface area contributed by atoms with Gasteiger partial charge in [0.2, 0.25) is 0 Å². The minimum Gasteiger partial charge on any atom is -0.365 e. The number of hydrogen-bond acceptors (Lipinski definition) is 5. The SMILES string of the molecule is N#CSC1CCCOC1SC#N. The van der Waals surface area contributed by atoms with Crippen LogP contribution in [0.2, 0.25) is 0 Å². The topological polar surface area (TPSA) is 56.8 Å². The molecule has 3 nitrogen and oxygen atoms in total. The fourth-order valence-corrected chi connectivity index (χ4v) is 2.57. The van der Waals surface area contributed by atoms with E-state index in [1.165, 1.54) is 11.8 Å². The van der Waals surface area contributed by atoms with E-state index in [1.54, 1.807) is 0 Å². The molecule has 0 N–H and O–H groups in total. The second-order valence-electron chi connectivity index (χ2n) is 2.34. The molecule has 1 heterocycles. The van der Waals surface area contributed by atoms with Crippen molar-refractivity contribution in [2.75, 3.05) is 6.61 Å². The smallest absolute Gasteiger partial charge is 0.136 e. The van der Waals surface area contributed by atoms with Gasteiger partial charge < -0.3 is 4.74 Å². The second-order valence-corrected chi connectivity index (χ2v) is 4.24. The van der Waals surface area contributed by atoms with Crippen molar-refractivity contribution in [2.45, 2.75) is 23.5 Å². The third kappa shape index (κ3) is 2.60. The second kappa shape index (κ2) is 5.31. The standard InChI is InChI=1S/C7H8N2OS2/c8-4-11-6-2-1-3-10-7(6)12-5-9/h6-7H,1-3H2. The third-order valence-corrected chi connectivity index (χ3v) is 3.46. The molecule has 0 aromatic heterocycles. The fourth-order valence-electron chi connectivity index (χ4n) is 1.07. The van der Waals surface area contributed by atoms with Crippen molar-refractivity contribution >= 4 is 23.5 Å². The number of hydrogen-bond donors (Lipinski definition) is 0. The van der Waals surface area contributed by atoms with Gasteiger partial charge in [0.25, 0.3) is 0 Å². The molecular weight excluding hydrogens is 192 g/mol. The number of nitrogens with zero attached hydrogens (tertiary/aromatic N) is 2. The molecule has 64 valence electrons. The Bertz CT molecular complexity index is 196. The molecule has 0 radical (unpaired) electrons. The number of ether oxygens (including phenoxy) is 1. The van der Waals surface area contributed by atoms with Gasteiger partial charge in [0, 0.05) is 6.61 Å². The maximum absolute atomic E-state index is 8.47. The number of thiocyanates is 2. The molecule has 1 fully saturated rings. The highest BCUT2D eigenvalue weighted by Crippen LogP contribution is 2.31. The quantitative estimate of drug-likeness (QED) is 0.637. The van der Waals surface area contributed by atoms with E-state index >= 15 is 0 Å². The van der Waals surface area contributed by atoms with Crippen molar-refractivity contribution in [2.24, 2.45) is 0 Å². The van der Waals surface area contributed by atoms with Crippen LogP contribution in [0.1, 0.15) is 12.8 Å². The van der Waals surface area contributed by atoms with E-state index in [1.807, 2.05) is 10.8 Å². The van der Waals surface area contributed by atoms with Crippen LogP contribution in [0.3, 0.4) is 0 Å². The van der Waals surface area contributed by atoms with Crippen LogP contribution >= 0.6 is 23.5 Å². The first-order chi connectivity index (χ1) is 5.88. The van der Waals surface area contributed by atoms with Gasteiger partial charge in [-0.05, 0) is 36.4 Å². The minimum atomic E-state index is -0.117. The van der Waals surface area contributed by atoms with Gasteiger partial charge in [0.05, 0.1) is 5.25 Å². The average molecular weight is 200 g/mol. The van der Waals surface area contributed by atoms with Gasteiger partial charge >= 0.3 is 0 Å². The highest BCUT2D eigenvalue weighted by Gasteiger charge is 2.27. The van der Waals surface area contributed by atoms with Crippen LogP contribution in [0.5, 0.6) is 0 Å². The normalized spacial score (nSPS) is 28.8. The van der Waals surface area contributed by atoms with Crippen LogP contribution in [-0.4, -0.2) is 17.3 Å².